The lowest BCUT2D eigenvalue weighted by Crippen LogP contribution is -1.74. The molecule has 2 aromatic rings. The van der Waals surface area contributed by atoms with Crippen LogP contribution >= 0.6 is 25.8 Å². The lowest BCUT2D eigenvalue weighted by Gasteiger charge is -1.90. The lowest BCUT2D eigenvalue weighted by molar-refractivity contribution is 1.41. The Bertz CT molecular complexity index is 302. The first-order valence-electron chi connectivity index (χ1n) is 3.72. The summed E-state index contributed by atoms with van der Waals surface area (Å²) in [5.74, 6) is 0. The molecule has 1 heterocycles. The molecule has 0 spiro atoms. The summed E-state index contributed by atoms with van der Waals surface area (Å²) in [5.41, 5.74) is 1.00. The van der Waals surface area contributed by atoms with E-state index in [0.717, 1.165) is 10.9 Å². The molecule has 0 bridgehead atoms. The van der Waals surface area contributed by atoms with E-state index in [9.17, 15) is 0 Å². The zero-order chi connectivity index (χ0) is 9.52. The Morgan fingerprint density at radius 1 is 1.23 bits per heavy atom. The van der Waals surface area contributed by atoms with Gasteiger partial charge in [0.05, 0.1) is 5.52 Å². The van der Waals surface area contributed by atoms with Crippen LogP contribution in [0.4, 0.5) is 0 Å². The lowest BCUT2D eigenvalue weighted by atomic mass is 10.2. The number of pyridine rings is 1. The van der Waals surface area contributed by atoms with Crippen molar-refractivity contribution >= 4 is 52.7 Å². The SMILES string of the molecule is [Br][Mg][Br].[c]1ccnc2ccccc12. The summed E-state index contributed by atoms with van der Waals surface area (Å²) in [5, 5.41) is 1.07. The number of hydrogen-bond acceptors (Lipinski definition) is 1. The van der Waals surface area contributed by atoms with Crippen molar-refractivity contribution in [2.24, 2.45) is 0 Å². The summed E-state index contributed by atoms with van der Waals surface area (Å²) in [6.07, 6.45) is 1.75. The van der Waals surface area contributed by atoms with Crippen molar-refractivity contribution in [3.8, 4) is 0 Å². The van der Waals surface area contributed by atoms with Gasteiger partial charge in [0.1, 0.15) is 0 Å². The molecule has 0 saturated carbocycles. The second kappa shape index (κ2) is 6.76. The predicted molar refractivity (Wildman–Crippen MR) is 64.2 cm³/mol. The first kappa shape index (κ1) is 11.4. The summed E-state index contributed by atoms with van der Waals surface area (Å²) in [7, 11) is 0. The molecule has 0 aliphatic heterocycles. The van der Waals surface area contributed by atoms with E-state index in [0.29, 0.717) is 0 Å². The maximum atomic E-state index is 4.15. The van der Waals surface area contributed by atoms with E-state index in [1.807, 2.05) is 30.3 Å². The highest BCUT2D eigenvalue weighted by Crippen LogP contribution is 2.07. The van der Waals surface area contributed by atoms with Gasteiger partial charge in [0, 0.05) is 11.6 Å². The quantitative estimate of drug-likeness (QED) is 0.680. The maximum absolute atomic E-state index is 4.15. The third-order valence-electron chi connectivity index (χ3n) is 1.43. The summed E-state index contributed by atoms with van der Waals surface area (Å²) in [6.45, 7) is 0. The van der Waals surface area contributed by atoms with Crippen LogP contribution in [-0.2, 0) is 0 Å². The molecular formula is C9H6Br2MgN. The molecule has 4 heteroatoms. The van der Waals surface area contributed by atoms with Crippen molar-refractivity contribution in [1.29, 1.82) is 0 Å². The highest BCUT2D eigenvalue weighted by molar-refractivity contribution is 9.47. The van der Waals surface area contributed by atoms with Gasteiger partial charge in [-0.3, -0.25) is 30.8 Å². The molecule has 0 atom stereocenters. The van der Waals surface area contributed by atoms with Crippen molar-refractivity contribution in [3.05, 3.63) is 42.6 Å². The molecule has 0 aliphatic rings. The first-order valence-corrected chi connectivity index (χ1v) is 11.5. The van der Waals surface area contributed by atoms with Crippen LogP contribution in [0.3, 0.4) is 0 Å². The van der Waals surface area contributed by atoms with Gasteiger partial charge in [-0.1, -0.05) is 18.2 Å². The number of hydrogen-bond donors (Lipinski definition) is 0. The van der Waals surface area contributed by atoms with Crippen LogP contribution in [-0.4, -0.2) is 21.0 Å². The summed E-state index contributed by atoms with van der Waals surface area (Å²) in [6, 6.07) is 12.9. The largest absolute Gasteiger partial charge is 0.560 e. The molecule has 0 N–H and O–H groups in total. The number of para-hydroxylation sites is 1. The van der Waals surface area contributed by atoms with Gasteiger partial charge in [0.2, 0.25) is 0 Å². The van der Waals surface area contributed by atoms with E-state index in [2.05, 4.69) is 36.8 Å². The standard InChI is InChI=1S/C9H6N.2BrH.Mg/c1-2-6-9-8(4-1)5-3-7-10-9;;;/h1-4,6-7H;2*1H;/q;;;+2/p-2. The minimum atomic E-state index is 0.0417. The van der Waals surface area contributed by atoms with Crippen molar-refractivity contribution in [3.63, 3.8) is 0 Å². The second-order valence-electron chi connectivity index (χ2n) is 2.21. The number of fused-ring (bicyclic) bond motifs is 1. The molecule has 0 unspecified atom stereocenters. The van der Waals surface area contributed by atoms with E-state index in [1.54, 1.807) is 6.20 Å². The summed E-state index contributed by atoms with van der Waals surface area (Å²) in [4.78, 5) is 4.15. The fourth-order valence-electron chi connectivity index (χ4n) is 0.953. The zero-order valence-electron chi connectivity index (χ0n) is 6.87. The Labute approximate surface area is 99.4 Å². The minimum Gasteiger partial charge on any atom is -0.280 e. The molecule has 0 saturated heterocycles. The third kappa shape index (κ3) is 3.93. The van der Waals surface area contributed by atoms with Crippen molar-refractivity contribution in [2.45, 2.75) is 0 Å². The van der Waals surface area contributed by atoms with Crippen molar-refractivity contribution in [2.75, 3.05) is 0 Å². The van der Waals surface area contributed by atoms with Gasteiger partial charge in [0.15, 0.2) is 0 Å². The molecule has 0 aliphatic carbocycles. The van der Waals surface area contributed by atoms with Crippen LogP contribution in [0.15, 0.2) is 36.5 Å². The molecule has 1 nitrogen and oxygen atoms in total. The van der Waals surface area contributed by atoms with E-state index >= 15 is 0 Å². The van der Waals surface area contributed by atoms with Gasteiger partial charge in [-0.05, 0) is 18.2 Å². The molecule has 1 aromatic carbocycles. The monoisotopic (exact) mass is 310 g/mol. The summed E-state index contributed by atoms with van der Waals surface area (Å²) >= 11 is 6.44. The van der Waals surface area contributed by atoms with E-state index in [1.165, 1.54) is 0 Å². The topological polar surface area (TPSA) is 12.9 Å². The fraction of sp³-hybridized carbons (Fsp3) is 0. The van der Waals surface area contributed by atoms with Crippen LogP contribution in [0.1, 0.15) is 0 Å². The Kier molecular flexibility index (Phi) is 5.94. The second-order valence-corrected chi connectivity index (χ2v) is 10.3. The van der Waals surface area contributed by atoms with Gasteiger partial charge in [0.25, 0.3) is 0 Å². The fourth-order valence-corrected chi connectivity index (χ4v) is 0.953. The van der Waals surface area contributed by atoms with Crippen molar-refractivity contribution < 1.29 is 0 Å². The highest BCUT2D eigenvalue weighted by Gasteiger charge is 1.87. The molecule has 2 rings (SSSR count). The molecule has 13 heavy (non-hydrogen) atoms. The predicted octanol–water partition coefficient (Wildman–Crippen LogP) is 3.35. The normalized spacial score (nSPS) is 8.46. The van der Waals surface area contributed by atoms with Gasteiger partial charge >= 0.3 is 16.0 Å². The first-order chi connectivity index (χ1) is 6.38. The Balaban J connectivity index is 0.000000251. The molecule has 1 radical (unpaired) electrons. The molecule has 0 fully saturated rings. The third-order valence-corrected chi connectivity index (χ3v) is 1.43. The van der Waals surface area contributed by atoms with Crippen molar-refractivity contribution in [1.82, 2.24) is 4.98 Å². The van der Waals surface area contributed by atoms with Crippen LogP contribution < -0.4 is 0 Å². The van der Waals surface area contributed by atoms with Gasteiger partial charge in [-0.2, -0.15) is 0 Å². The molecule has 0 amide bonds. The average Bonchev–Trinajstić information content (AvgIpc) is 2.19. The Hall–Kier alpha value is 0.356. The maximum Gasteiger partial charge on any atom is 0.560 e. The number of nitrogens with zero attached hydrogens (tertiary/aromatic N) is 1. The van der Waals surface area contributed by atoms with E-state index in [4.69, 9.17) is 0 Å². The molecular weight excluding hydrogens is 306 g/mol. The average molecular weight is 312 g/mol. The number of halogens is 2. The van der Waals surface area contributed by atoms with Crippen LogP contribution in [0, 0.1) is 6.07 Å². The molecule has 63 valence electrons. The van der Waals surface area contributed by atoms with Gasteiger partial charge in [-0.25, -0.2) is 0 Å². The Morgan fingerprint density at radius 3 is 2.62 bits per heavy atom. The van der Waals surface area contributed by atoms with E-state index < -0.39 is 0 Å². The zero-order valence-corrected chi connectivity index (χ0v) is 11.5. The smallest absolute Gasteiger partial charge is 0.280 e. The molecule has 1 aromatic heterocycles. The van der Waals surface area contributed by atoms with Gasteiger partial charge < -0.3 is 0 Å². The Morgan fingerprint density at radius 2 is 1.92 bits per heavy atom. The number of benzene rings is 1. The number of rotatable bonds is 0. The van der Waals surface area contributed by atoms with Gasteiger partial charge in [-0.15, -0.1) is 0 Å². The van der Waals surface area contributed by atoms with Crippen LogP contribution in [0.25, 0.3) is 10.9 Å². The minimum absolute atomic E-state index is 0.0417. The van der Waals surface area contributed by atoms with Crippen LogP contribution in [0.5, 0.6) is 0 Å². The van der Waals surface area contributed by atoms with Crippen LogP contribution in [0.2, 0.25) is 0 Å². The van der Waals surface area contributed by atoms with E-state index in [-0.39, 0.29) is 16.0 Å². The highest BCUT2D eigenvalue weighted by atomic mass is 79.9. The number of aromatic nitrogens is 1. The summed E-state index contributed by atoms with van der Waals surface area (Å²) < 4.78 is 0.